The highest BCUT2D eigenvalue weighted by atomic mass is 16.5. The summed E-state index contributed by atoms with van der Waals surface area (Å²) in [6.07, 6.45) is 5.58. The molecule has 0 spiro atoms. The fraction of sp³-hybridized carbons (Fsp3) is 0.333. The van der Waals surface area contributed by atoms with Crippen molar-refractivity contribution in [2.75, 3.05) is 13.1 Å². The first-order valence-corrected chi connectivity index (χ1v) is 4.58. The van der Waals surface area contributed by atoms with Crippen LogP contribution in [-0.4, -0.2) is 33.8 Å². The molecule has 1 aliphatic rings. The average Bonchev–Trinajstić information content (AvgIpc) is 2.58. The molecule has 2 aromatic rings. The Morgan fingerprint density at radius 1 is 1.50 bits per heavy atom. The third-order valence-electron chi connectivity index (χ3n) is 2.27. The van der Waals surface area contributed by atoms with Gasteiger partial charge in [0.05, 0.1) is 18.6 Å². The molecule has 0 aliphatic carbocycles. The van der Waals surface area contributed by atoms with Crippen molar-refractivity contribution in [1.29, 1.82) is 0 Å². The third-order valence-corrected chi connectivity index (χ3v) is 2.27. The van der Waals surface area contributed by atoms with E-state index in [1.54, 1.807) is 16.9 Å². The molecule has 5 heteroatoms. The van der Waals surface area contributed by atoms with Gasteiger partial charge >= 0.3 is 0 Å². The summed E-state index contributed by atoms with van der Waals surface area (Å²) in [5.74, 6) is 0.771. The van der Waals surface area contributed by atoms with Crippen LogP contribution in [0.15, 0.2) is 24.7 Å². The maximum Gasteiger partial charge on any atom is 0.156 e. The molecule has 1 aliphatic heterocycles. The van der Waals surface area contributed by atoms with Crippen molar-refractivity contribution >= 4 is 5.65 Å². The van der Waals surface area contributed by atoms with Crippen molar-refractivity contribution in [3.63, 3.8) is 0 Å². The molecule has 0 amide bonds. The van der Waals surface area contributed by atoms with Gasteiger partial charge < -0.3 is 10.1 Å². The fourth-order valence-electron chi connectivity index (χ4n) is 1.39. The van der Waals surface area contributed by atoms with Gasteiger partial charge in [0.25, 0.3) is 0 Å². The Hall–Kier alpha value is -1.62. The summed E-state index contributed by atoms with van der Waals surface area (Å²) in [5.41, 5.74) is 0.837. The Balaban J connectivity index is 1.88. The molecule has 0 bridgehead atoms. The number of nitrogens with one attached hydrogen (secondary N) is 1. The molecule has 5 nitrogen and oxygen atoms in total. The van der Waals surface area contributed by atoms with Gasteiger partial charge in [-0.25, -0.2) is 9.50 Å². The van der Waals surface area contributed by atoms with Crippen LogP contribution >= 0.6 is 0 Å². The normalized spacial score (nSPS) is 16.9. The fourth-order valence-corrected chi connectivity index (χ4v) is 1.39. The smallest absolute Gasteiger partial charge is 0.156 e. The highest BCUT2D eigenvalue weighted by molar-refractivity contribution is 5.37. The Labute approximate surface area is 80.7 Å². The molecule has 1 fully saturated rings. The summed E-state index contributed by atoms with van der Waals surface area (Å²) < 4.78 is 7.35. The van der Waals surface area contributed by atoms with Gasteiger partial charge in [-0.2, -0.15) is 5.10 Å². The zero-order valence-electron chi connectivity index (χ0n) is 7.55. The van der Waals surface area contributed by atoms with Crippen molar-refractivity contribution < 1.29 is 4.74 Å². The maximum atomic E-state index is 5.64. The molecule has 1 N–H and O–H groups in total. The Morgan fingerprint density at radius 2 is 2.43 bits per heavy atom. The van der Waals surface area contributed by atoms with E-state index in [1.807, 2.05) is 12.3 Å². The van der Waals surface area contributed by atoms with Gasteiger partial charge in [-0.05, 0) is 0 Å². The van der Waals surface area contributed by atoms with Crippen LogP contribution in [0.2, 0.25) is 0 Å². The van der Waals surface area contributed by atoms with E-state index in [0.717, 1.165) is 24.5 Å². The molecular formula is C9H10N4O. The van der Waals surface area contributed by atoms with Crippen LogP contribution in [0.3, 0.4) is 0 Å². The van der Waals surface area contributed by atoms with E-state index in [0.29, 0.717) is 0 Å². The van der Waals surface area contributed by atoms with Crippen LogP contribution in [0.1, 0.15) is 0 Å². The second kappa shape index (κ2) is 2.95. The van der Waals surface area contributed by atoms with Gasteiger partial charge in [0.1, 0.15) is 6.10 Å². The van der Waals surface area contributed by atoms with Crippen molar-refractivity contribution in [2.45, 2.75) is 6.10 Å². The predicted molar refractivity (Wildman–Crippen MR) is 50.3 cm³/mol. The van der Waals surface area contributed by atoms with Crippen molar-refractivity contribution in [3.05, 3.63) is 24.7 Å². The number of hydrogen-bond acceptors (Lipinski definition) is 4. The Morgan fingerprint density at radius 3 is 3.21 bits per heavy atom. The highest BCUT2D eigenvalue weighted by Gasteiger charge is 2.18. The van der Waals surface area contributed by atoms with E-state index >= 15 is 0 Å². The second-order valence-electron chi connectivity index (χ2n) is 3.32. The van der Waals surface area contributed by atoms with E-state index in [4.69, 9.17) is 4.74 Å². The van der Waals surface area contributed by atoms with Crippen molar-refractivity contribution in [1.82, 2.24) is 19.9 Å². The summed E-state index contributed by atoms with van der Waals surface area (Å²) in [7, 11) is 0. The van der Waals surface area contributed by atoms with Crippen LogP contribution in [0, 0.1) is 0 Å². The summed E-state index contributed by atoms with van der Waals surface area (Å²) in [6.45, 7) is 1.83. The van der Waals surface area contributed by atoms with Crippen LogP contribution in [0.4, 0.5) is 0 Å². The summed E-state index contributed by atoms with van der Waals surface area (Å²) in [6, 6.07) is 1.86. The summed E-state index contributed by atoms with van der Waals surface area (Å²) in [4.78, 5) is 4.21. The molecule has 0 saturated carbocycles. The zero-order valence-corrected chi connectivity index (χ0v) is 7.55. The van der Waals surface area contributed by atoms with E-state index < -0.39 is 0 Å². The maximum absolute atomic E-state index is 5.64. The van der Waals surface area contributed by atoms with E-state index in [1.165, 1.54) is 0 Å². The Bertz CT molecular complexity index is 449. The molecule has 72 valence electrons. The molecule has 0 aromatic carbocycles. The van der Waals surface area contributed by atoms with E-state index in [2.05, 4.69) is 15.4 Å². The number of aromatic nitrogens is 3. The first-order valence-electron chi connectivity index (χ1n) is 4.58. The molecule has 3 heterocycles. The topological polar surface area (TPSA) is 51.5 Å². The molecule has 3 rings (SSSR count). The minimum atomic E-state index is 0.282. The number of nitrogens with zero attached hydrogens (tertiary/aromatic N) is 3. The van der Waals surface area contributed by atoms with Crippen LogP contribution in [-0.2, 0) is 0 Å². The van der Waals surface area contributed by atoms with Crippen molar-refractivity contribution in [3.8, 4) is 5.75 Å². The van der Waals surface area contributed by atoms with Crippen LogP contribution < -0.4 is 10.1 Å². The standard InChI is InChI=1S/C9H10N4O/c1-2-12-13-6-8(5-11-9(1)13)14-7-3-10-4-7/h1-2,5-7,10H,3-4H2. The predicted octanol–water partition coefficient (Wildman–Crippen LogP) is 0.0799. The second-order valence-corrected chi connectivity index (χ2v) is 3.32. The van der Waals surface area contributed by atoms with Gasteiger partial charge in [-0.1, -0.05) is 0 Å². The van der Waals surface area contributed by atoms with Gasteiger partial charge in [0.15, 0.2) is 11.4 Å². The molecule has 14 heavy (non-hydrogen) atoms. The molecule has 0 atom stereocenters. The van der Waals surface area contributed by atoms with Crippen LogP contribution in [0.5, 0.6) is 5.75 Å². The number of rotatable bonds is 2. The third kappa shape index (κ3) is 1.22. The molecular weight excluding hydrogens is 180 g/mol. The zero-order chi connectivity index (χ0) is 9.38. The number of fused-ring (bicyclic) bond motifs is 1. The van der Waals surface area contributed by atoms with Gasteiger partial charge in [-0.3, -0.25) is 0 Å². The molecule has 0 unspecified atom stereocenters. The van der Waals surface area contributed by atoms with Crippen molar-refractivity contribution in [2.24, 2.45) is 0 Å². The SMILES string of the molecule is c1cc2ncc(OC3CNC3)cn2n1. The number of hydrogen-bond donors (Lipinski definition) is 1. The van der Waals surface area contributed by atoms with Gasteiger partial charge in [0, 0.05) is 19.2 Å². The highest BCUT2D eigenvalue weighted by Crippen LogP contribution is 2.12. The lowest BCUT2D eigenvalue weighted by Gasteiger charge is -2.27. The first kappa shape index (κ1) is 7.75. The largest absolute Gasteiger partial charge is 0.485 e. The quantitative estimate of drug-likeness (QED) is 0.728. The average molecular weight is 190 g/mol. The summed E-state index contributed by atoms with van der Waals surface area (Å²) in [5, 5.41) is 7.23. The lowest BCUT2D eigenvalue weighted by molar-refractivity contribution is 0.141. The van der Waals surface area contributed by atoms with Crippen LogP contribution in [0.25, 0.3) is 5.65 Å². The van der Waals surface area contributed by atoms with Gasteiger partial charge in [0.2, 0.25) is 0 Å². The summed E-state index contributed by atoms with van der Waals surface area (Å²) >= 11 is 0. The first-order chi connectivity index (χ1) is 6.92. The lowest BCUT2D eigenvalue weighted by Crippen LogP contribution is -2.50. The minimum Gasteiger partial charge on any atom is -0.485 e. The van der Waals surface area contributed by atoms with E-state index in [-0.39, 0.29) is 6.10 Å². The lowest BCUT2D eigenvalue weighted by atomic mass is 10.2. The molecule has 1 saturated heterocycles. The number of ether oxygens (including phenoxy) is 1. The minimum absolute atomic E-state index is 0.282. The van der Waals surface area contributed by atoms with Gasteiger partial charge in [-0.15, -0.1) is 0 Å². The molecule has 0 radical (unpaired) electrons. The Kier molecular flexibility index (Phi) is 1.63. The molecule has 2 aromatic heterocycles. The monoisotopic (exact) mass is 190 g/mol. The van der Waals surface area contributed by atoms with E-state index in [9.17, 15) is 0 Å².